The van der Waals surface area contributed by atoms with Crippen molar-refractivity contribution in [1.82, 2.24) is 0 Å². The van der Waals surface area contributed by atoms with Gasteiger partial charge in [-0.2, -0.15) is 0 Å². The minimum Gasteiger partial charge on any atom is -0.135 e. The third kappa shape index (κ3) is 11.7. The maximum atomic E-state index is 2.45. The summed E-state index contributed by atoms with van der Waals surface area (Å²) in [5, 5.41) is 50.1. The van der Waals surface area contributed by atoms with Gasteiger partial charge in [0, 0.05) is 80.7 Å². The lowest BCUT2D eigenvalue weighted by Crippen LogP contribution is -1.90. The van der Waals surface area contributed by atoms with Gasteiger partial charge in [0.05, 0.1) is 0 Å². The van der Waals surface area contributed by atoms with Crippen LogP contribution in [-0.2, 0) is 0 Å². The predicted octanol–water partition coefficient (Wildman–Crippen LogP) is 40.2. The van der Waals surface area contributed by atoms with Crippen LogP contribution in [0.5, 0.6) is 0 Å². The molecule has 0 aliphatic carbocycles. The van der Waals surface area contributed by atoms with Gasteiger partial charge >= 0.3 is 0 Å². The van der Waals surface area contributed by atoms with Crippen LogP contribution < -0.4 is 0 Å². The van der Waals surface area contributed by atoms with E-state index in [4.69, 9.17) is 0 Å². The van der Waals surface area contributed by atoms with E-state index in [1.54, 1.807) is 0 Å². The molecule has 0 radical (unpaired) electrons. The van der Waals surface area contributed by atoms with Crippen molar-refractivity contribution in [3.63, 3.8) is 0 Å². The molecule has 0 saturated heterocycles. The van der Waals surface area contributed by atoms with Crippen molar-refractivity contribution in [2.24, 2.45) is 0 Å². The maximum absolute atomic E-state index is 2.45. The Labute approximate surface area is 797 Å². The molecule has 0 aliphatic rings. The van der Waals surface area contributed by atoms with Gasteiger partial charge in [-0.1, -0.05) is 406 Å². The van der Waals surface area contributed by atoms with Crippen molar-refractivity contribution in [2.45, 2.75) is 0 Å². The lowest BCUT2D eigenvalue weighted by Gasteiger charge is -2.18. The van der Waals surface area contributed by atoms with E-state index in [-0.39, 0.29) is 0 Å². The zero-order valence-corrected chi connectivity index (χ0v) is 76.8. The van der Waals surface area contributed by atoms with Gasteiger partial charge in [0.2, 0.25) is 0 Å². The number of rotatable bonds is 5. The Balaban J connectivity index is 0.0000000999. The minimum atomic E-state index is 1.24. The van der Waals surface area contributed by atoms with Gasteiger partial charge in [0.1, 0.15) is 0 Å². The fourth-order valence-corrected chi connectivity index (χ4v) is 28.3. The number of hydrogen-bond donors (Lipinski definition) is 0. The van der Waals surface area contributed by atoms with E-state index in [1.807, 2.05) is 45.3 Å². The molecule has 0 nitrogen and oxygen atoms in total. The fourth-order valence-electron chi connectivity index (χ4n) is 23.3. The maximum Gasteiger partial charge on any atom is 0.0433 e. The van der Waals surface area contributed by atoms with E-state index in [0.29, 0.717) is 0 Å². The average molecular weight is 1790 g/mol. The average Bonchev–Trinajstić information content (AvgIpc) is 1.08. The van der Waals surface area contributed by atoms with E-state index in [9.17, 15) is 0 Å². The standard InChI is InChI=1S/C50H28S2.C44H26S.C38H22S/c1-3-15-37-33(11-1)43-27-29(31-17-9-19-41-35-13-5-7-21-45(35)51-49(31)41)23-25-39(43)48-38-16-4-2-12-34(38)44-28-30(24-26-40(44)47(37)48)32-18-10-20-42-36-14-6-8-22-46(36)52-50(32)42;1-2-11-27(12-3-1)28-21-23-36-39(25-28)31-13-4-6-16-34(31)43-37-24-22-29(26-40(37)32-14-5-7-17-35(32)42(36)43)30-18-10-19-38-33-15-8-9-20-41(33)45-44(30)38;1-4-14-29-25(10-1)26-11-2-5-15-30(26)37-32-21-20-23(22-34(32)27-12-3-6-16-31(27)36(29)37)24-17-9-18-33-28-13-7-8-19-35(28)39-38(24)33/h1-28H;1-26H;1-22H. The van der Waals surface area contributed by atoms with E-state index in [0.717, 1.165) is 0 Å². The zero-order valence-electron chi connectivity index (χ0n) is 73.5. The van der Waals surface area contributed by atoms with Crippen LogP contribution in [0.1, 0.15) is 0 Å². The predicted molar refractivity (Wildman–Crippen MR) is 601 cm³/mol. The summed E-state index contributed by atoms with van der Waals surface area (Å²) >= 11 is 7.59. The summed E-state index contributed by atoms with van der Waals surface area (Å²) in [6.07, 6.45) is 0. The number of hydrogen-bond acceptors (Lipinski definition) is 4. The fraction of sp³-hybridized carbons (Fsp3) is 0. The van der Waals surface area contributed by atoms with E-state index in [2.05, 4.69) is 461 Å². The number of benzene rings is 27. The van der Waals surface area contributed by atoms with Crippen LogP contribution in [0.2, 0.25) is 0 Å². The second-order valence-corrected chi connectivity index (χ2v) is 40.6. The quantitative estimate of drug-likeness (QED) is 0.151. The molecular formula is C132H76S4. The van der Waals surface area contributed by atoms with Crippen LogP contribution in [0, 0.1) is 0 Å². The molecule has 628 valence electrons. The Hall–Kier alpha value is -16.3. The molecule has 136 heavy (non-hydrogen) atoms. The highest BCUT2D eigenvalue weighted by atomic mass is 32.1. The van der Waals surface area contributed by atoms with Crippen molar-refractivity contribution in [2.75, 3.05) is 0 Å². The summed E-state index contributed by atoms with van der Waals surface area (Å²) < 4.78 is 10.8. The third-order valence-corrected chi connectivity index (χ3v) is 34.2. The van der Waals surface area contributed by atoms with Crippen LogP contribution in [0.15, 0.2) is 461 Å². The molecular weight excluding hydrogens is 1710 g/mol. The topological polar surface area (TPSA) is 0 Å². The van der Waals surface area contributed by atoms with Crippen LogP contribution >= 0.6 is 45.3 Å². The summed E-state index contributed by atoms with van der Waals surface area (Å²) in [5.74, 6) is 0. The molecule has 0 amide bonds. The molecule has 4 heterocycles. The summed E-state index contributed by atoms with van der Waals surface area (Å²) in [7, 11) is 0. The lowest BCUT2D eigenvalue weighted by atomic mass is 9.85. The molecule has 4 aromatic heterocycles. The molecule has 0 N–H and O–H groups in total. The lowest BCUT2D eigenvalue weighted by molar-refractivity contribution is 1.65. The Morgan fingerprint density at radius 1 is 0.0956 bits per heavy atom. The molecule has 0 spiro atoms. The van der Waals surface area contributed by atoms with Crippen molar-refractivity contribution in [3.8, 4) is 55.6 Å². The SMILES string of the molecule is c1ccc(-c2ccc3c(c2)c2ccccc2c2c4ccc(-c5cccc6c5sc5ccccc56)cc4c4ccccc4c32)cc1.c1ccc2c(c1)sc1c(-c3ccc4c(c3)c3ccccc3c3c5ccc(-c6cccc7c6sc6ccccc67)cc5c5ccccc5c43)cccc12.c1ccc2c(c1)sc1c(-c3ccc4c(c3)c3ccccc3c3c5ccccc5c5ccccc5c43)cccc12. The van der Waals surface area contributed by atoms with E-state index >= 15 is 0 Å². The van der Waals surface area contributed by atoms with Crippen LogP contribution in [0.4, 0.5) is 0 Å². The summed E-state index contributed by atoms with van der Waals surface area (Å²) in [5.41, 5.74) is 12.8. The summed E-state index contributed by atoms with van der Waals surface area (Å²) in [6.45, 7) is 0. The first-order valence-electron chi connectivity index (χ1n) is 46.8. The van der Waals surface area contributed by atoms with E-state index in [1.165, 1.54) is 298 Å². The highest BCUT2D eigenvalue weighted by Crippen LogP contribution is 2.54. The zero-order chi connectivity index (χ0) is 88.9. The molecule has 0 bridgehead atoms. The first kappa shape index (κ1) is 77.3. The first-order valence-corrected chi connectivity index (χ1v) is 50.1. The molecule has 0 unspecified atom stereocenters. The highest BCUT2D eigenvalue weighted by Gasteiger charge is 2.25. The molecule has 0 aliphatic heterocycles. The molecule has 0 atom stereocenters. The van der Waals surface area contributed by atoms with Gasteiger partial charge in [0.25, 0.3) is 0 Å². The second-order valence-electron chi connectivity index (χ2n) is 36.4. The van der Waals surface area contributed by atoms with Gasteiger partial charge in [-0.25, -0.2) is 0 Å². The molecule has 0 fully saturated rings. The largest absolute Gasteiger partial charge is 0.135 e. The molecule has 31 aromatic rings. The van der Waals surface area contributed by atoms with Gasteiger partial charge in [0.15, 0.2) is 0 Å². The minimum absolute atomic E-state index is 1.24. The molecule has 31 rings (SSSR count). The van der Waals surface area contributed by atoms with Gasteiger partial charge < -0.3 is 0 Å². The van der Waals surface area contributed by atoms with E-state index < -0.39 is 0 Å². The Morgan fingerprint density at radius 3 is 0.500 bits per heavy atom. The van der Waals surface area contributed by atoms with Gasteiger partial charge in [-0.3, -0.25) is 0 Å². The smallest absolute Gasteiger partial charge is 0.0433 e. The number of thiophene rings is 4. The normalized spacial score (nSPS) is 12.1. The Bertz CT molecular complexity index is 10400. The van der Waals surface area contributed by atoms with Crippen LogP contribution in [0.25, 0.3) is 298 Å². The molecule has 4 heteroatoms. The van der Waals surface area contributed by atoms with Crippen molar-refractivity contribution in [3.05, 3.63) is 461 Å². The Kier molecular flexibility index (Phi) is 17.4. The highest BCUT2D eigenvalue weighted by molar-refractivity contribution is 7.27. The number of fused-ring (bicyclic) bond motifs is 45. The van der Waals surface area contributed by atoms with Crippen molar-refractivity contribution in [1.29, 1.82) is 0 Å². The summed E-state index contributed by atoms with van der Waals surface area (Å²) in [6, 6.07) is 171. The first-order chi connectivity index (χ1) is 67.5. The van der Waals surface area contributed by atoms with Crippen molar-refractivity contribution < 1.29 is 0 Å². The summed E-state index contributed by atoms with van der Waals surface area (Å²) in [4.78, 5) is 0. The van der Waals surface area contributed by atoms with Gasteiger partial charge in [-0.15, -0.1) is 45.3 Å². The van der Waals surface area contributed by atoms with Crippen LogP contribution in [-0.4, -0.2) is 0 Å². The monoisotopic (exact) mass is 1790 g/mol. The molecule has 0 saturated carbocycles. The Morgan fingerprint density at radius 2 is 0.265 bits per heavy atom. The molecule has 27 aromatic carbocycles. The third-order valence-electron chi connectivity index (χ3n) is 29.3. The van der Waals surface area contributed by atoms with Gasteiger partial charge in [-0.05, 0) is 272 Å². The van der Waals surface area contributed by atoms with Crippen LogP contribution in [0.3, 0.4) is 0 Å². The second kappa shape index (κ2) is 30.6. The van der Waals surface area contributed by atoms with Crippen molar-refractivity contribution >= 4 is 288 Å².